The van der Waals surface area contributed by atoms with Crippen LogP contribution in [0.4, 0.5) is 4.39 Å². The van der Waals surface area contributed by atoms with Crippen molar-refractivity contribution < 1.29 is 9.18 Å². The molecule has 0 spiro atoms. The molecule has 0 aliphatic rings. The van der Waals surface area contributed by atoms with Gasteiger partial charge in [0, 0.05) is 4.47 Å². The van der Waals surface area contributed by atoms with E-state index in [1.54, 1.807) is 19.1 Å². The fourth-order valence-electron chi connectivity index (χ4n) is 2.59. The van der Waals surface area contributed by atoms with E-state index in [2.05, 4.69) is 26.5 Å². The summed E-state index contributed by atoms with van der Waals surface area (Å²) in [5.41, 5.74) is 4.88. The number of nitrogens with one attached hydrogen (secondary N) is 1. The van der Waals surface area contributed by atoms with Gasteiger partial charge in [0.15, 0.2) is 0 Å². The zero-order valence-electron chi connectivity index (χ0n) is 13.6. The van der Waals surface area contributed by atoms with Gasteiger partial charge >= 0.3 is 0 Å². The van der Waals surface area contributed by atoms with Crippen molar-refractivity contribution in [1.82, 2.24) is 5.43 Å². The largest absolute Gasteiger partial charge is 0.273 e. The topological polar surface area (TPSA) is 41.5 Å². The maximum absolute atomic E-state index is 12.9. The fraction of sp³-hybridized carbons (Fsp3) is 0.100. The summed E-state index contributed by atoms with van der Waals surface area (Å²) in [6, 6.07) is 17.8. The average Bonchev–Trinajstić information content (AvgIpc) is 2.63. The lowest BCUT2D eigenvalue weighted by Gasteiger charge is -2.08. The summed E-state index contributed by atoms with van der Waals surface area (Å²) in [5.74, 6) is -0.503. The van der Waals surface area contributed by atoms with Crippen LogP contribution in [-0.2, 0) is 11.2 Å². The van der Waals surface area contributed by atoms with E-state index in [-0.39, 0.29) is 18.1 Å². The normalized spacial score (nSPS) is 11.6. The number of hydrogen-bond acceptors (Lipinski definition) is 2. The third-order valence-corrected chi connectivity index (χ3v) is 4.61. The highest BCUT2D eigenvalue weighted by atomic mass is 79.9. The molecule has 25 heavy (non-hydrogen) atoms. The van der Waals surface area contributed by atoms with Gasteiger partial charge in [-0.05, 0) is 47.0 Å². The Morgan fingerprint density at radius 3 is 2.44 bits per heavy atom. The number of benzene rings is 3. The van der Waals surface area contributed by atoms with Crippen LogP contribution in [0.3, 0.4) is 0 Å². The first-order valence-corrected chi connectivity index (χ1v) is 8.59. The van der Waals surface area contributed by atoms with Crippen molar-refractivity contribution in [3.05, 3.63) is 82.1 Å². The standard InChI is InChI=1S/C20H16BrFN2O/c1-13(14-6-9-16(22)10-7-14)23-24-20(25)12-15-8-11-19(21)18-5-3-2-4-17(15)18/h2-11H,12H2,1H3,(H,24,25)/b23-13+. The second kappa shape index (κ2) is 7.57. The van der Waals surface area contributed by atoms with E-state index in [1.165, 1.54) is 12.1 Å². The van der Waals surface area contributed by atoms with Gasteiger partial charge in [-0.1, -0.05) is 58.4 Å². The molecule has 0 saturated heterocycles. The van der Waals surface area contributed by atoms with Crippen molar-refractivity contribution in [2.24, 2.45) is 5.10 Å². The van der Waals surface area contributed by atoms with E-state index in [4.69, 9.17) is 0 Å². The first-order valence-electron chi connectivity index (χ1n) is 7.80. The van der Waals surface area contributed by atoms with Gasteiger partial charge in [-0.2, -0.15) is 5.10 Å². The summed E-state index contributed by atoms with van der Waals surface area (Å²) in [4.78, 5) is 12.2. The van der Waals surface area contributed by atoms with Gasteiger partial charge in [-0.15, -0.1) is 0 Å². The predicted octanol–water partition coefficient (Wildman–Crippen LogP) is 4.82. The van der Waals surface area contributed by atoms with Gasteiger partial charge < -0.3 is 0 Å². The minimum atomic E-state index is -0.303. The van der Waals surface area contributed by atoms with Crippen LogP contribution < -0.4 is 5.43 Å². The Bertz CT molecular complexity index is 952. The molecule has 0 atom stereocenters. The summed E-state index contributed by atoms with van der Waals surface area (Å²) < 4.78 is 13.9. The van der Waals surface area contributed by atoms with Crippen molar-refractivity contribution in [2.45, 2.75) is 13.3 Å². The number of rotatable bonds is 4. The molecule has 0 heterocycles. The van der Waals surface area contributed by atoms with Crippen LogP contribution in [0, 0.1) is 5.82 Å². The Balaban J connectivity index is 1.74. The number of carbonyl (C=O) groups excluding carboxylic acids is 1. The zero-order valence-corrected chi connectivity index (χ0v) is 15.2. The van der Waals surface area contributed by atoms with Gasteiger partial charge in [0.25, 0.3) is 0 Å². The molecule has 0 radical (unpaired) electrons. The number of nitrogens with zero attached hydrogens (tertiary/aromatic N) is 1. The zero-order chi connectivity index (χ0) is 17.8. The van der Waals surface area contributed by atoms with Crippen LogP contribution in [0.1, 0.15) is 18.1 Å². The van der Waals surface area contributed by atoms with Gasteiger partial charge in [0.05, 0.1) is 12.1 Å². The Hall–Kier alpha value is -2.53. The van der Waals surface area contributed by atoms with E-state index in [0.717, 1.165) is 26.4 Å². The first-order chi connectivity index (χ1) is 12.0. The molecule has 0 aromatic heterocycles. The van der Waals surface area contributed by atoms with Crippen molar-refractivity contribution in [3.8, 4) is 0 Å². The number of fused-ring (bicyclic) bond motifs is 1. The lowest BCUT2D eigenvalue weighted by molar-refractivity contribution is -0.120. The molecule has 0 unspecified atom stereocenters. The average molecular weight is 399 g/mol. The molecule has 1 N–H and O–H groups in total. The van der Waals surface area contributed by atoms with Crippen LogP contribution in [0.25, 0.3) is 10.8 Å². The summed E-state index contributed by atoms with van der Waals surface area (Å²) in [5, 5.41) is 6.21. The Morgan fingerprint density at radius 1 is 1.04 bits per heavy atom. The predicted molar refractivity (Wildman–Crippen MR) is 102 cm³/mol. The van der Waals surface area contributed by atoms with Gasteiger partial charge in [0.1, 0.15) is 5.82 Å². The fourth-order valence-corrected chi connectivity index (χ4v) is 3.07. The molecule has 3 aromatic carbocycles. The summed E-state index contributed by atoms with van der Waals surface area (Å²) in [6.45, 7) is 1.77. The maximum Gasteiger partial charge on any atom is 0.244 e. The molecule has 3 nitrogen and oxygen atoms in total. The molecular weight excluding hydrogens is 383 g/mol. The molecule has 0 bridgehead atoms. The second-order valence-corrected chi connectivity index (χ2v) is 6.52. The molecule has 126 valence electrons. The molecule has 1 amide bonds. The molecule has 0 fully saturated rings. The summed E-state index contributed by atoms with van der Waals surface area (Å²) >= 11 is 3.53. The monoisotopic (exact) mass is 398 g/mol. The van der Waals surface area contributed by atoms with Gasteiger partial charge in [0.2, 0.25) is 5.91 Å². The van der Waals surface area contributed by atoms with E-state index < -0.39 is 0 Å². The molecular formula is C20H16BrFN2O. The highest BCUT2D eigenvalue weighted by molar-refractivity contribution is 9.10. The summed E-state index contributed by atoms with van der Waals surface area (Å²) in [7, 11) is 0. The third kappa shape index (κ3) is 4.12. The number of carbonyl (C=O) groups is 1. The first kappa shape index (κ1) is 17.3. The molecule has 3 rings (SSSR count). The SMILES string of the molecule is C/C(=N\NC(=O)Cc1ccc(Br)c2ccccc12)c1ccc(F)cc1. The highest BCUT2D eigenvalue weighted by Gasteiger charge is 2.08. The van der Waals surface area contributed by atoms with Crippen LogP contribution in [0.5, 0.6) is 0 Å². The number of hydrazone groups is 1. The van der Waals surface area contributed by atoms with Crippen molar-refractivity contribution >= 4 is 38.3 Å². The maximum atomic E-state index is 12.9. The molecule has 0 aliphatic carbocycles. The lowest BCUT2D eigenvalue weighted by atomic mass is 10.0. The lowest BCUT2D eigenvalue weighted by Crippen LogP contribution is -2.21. The van der Waals surface area contributed by atoms with E-state index in [9.17, 15) is 9.18 Å². The quantitative estimate of drug-likeness (QED) is 0.496. The van der Waals surface area contributed by atoms with E-state index in [0.29, 0.717) is 5.71 Å². The van der Waals surface area contributed by atoms with E-state index in [1.807, 2.05) is 36.4 Å². The molecule has 0 saturated carbocycles. The smallest absolute Gasteiger partial charge is 0.244 e. The minimum Gasteiger partial charge on any atom is -0.273 e. The van der Waals surface area contributed by atoms with Crippen molar-refractivity contribution in [2.75, 3.05) is 0 Å². The number of halogens is 2. The van der Waals surface area contributed by atoms with Gasteiger partial charge in [-0.25, -0.2) is 9.82 Å². The van der Waals surface area contributed by atoms with Gasteiger partial charge in [-0.3, -0.25) is 4.79 Å². The number of hydrogen-bond donors (Lipinski definition) is 1. The molecule has 3 aromatic rings. The van der Waals surface area contributed by atoms with Crippen LogP contribution in [0.15, 0.2) is 70.2 Å². The van der Waals surface area contributed by atoms with Crippen molar-refractivity contribution in [3.63, 3.8) is 0 Å². The highest BCUT2D eigenvalue weighted by Crippen LogP contribution is 2.27. The van der Waals surface area contributed by atoms with Crippen molar-refractivity contribution in [1.29, 1.82) is 0 Å². The van der Waals surface area contributed by atoms with Crippen LogP contribution >= 0.6 is 15.9 Å². The Morgan fingerprint density at radius 2 is 1.72 bits per heavy atom. The Labute approximate surface area is 153 Å². The van der Waals surface area contributed by atoms with E-state index >= 15 is 0 Å². The Kier molecular flexibility index (Phi) is 5.24. The minimum absolute atomic E-state index is 0.200. The van der Waals surface area contributed by atoms with Crippen LogP contribution in [0.2, 0.25) is 0 Å². The number of amides is 1. The third-order valence-electron chi connectivity index (χ3n) is 3.92. The summed E-state index contributed by atoms with van der Waals surface area (Å²) in [6.07, 6.45) is 0.230. The molecule has 5 heteroatoms. The van der Waals surface area contributed by atoms with Crippen LogP contribution in [-0.4, -0.2) is 11.6 Å². The molecule has 0 aliphatic heterocycles. The second-order valence-electron chi connectivity index (χ2n) is 5.67.